The van der Waals surface area contributed by atoms with Crippen molar-refractivity contribution in [3.63, 3.8) is 0 Å². The third kappa shape index (κ3) is 4.81. The van der Waals surface area contributed by atoms with Crippen LogP contribution in [0.3, 0.4) is 0 Å². The Bertz CT molecular complexity index is 1310. The van der Waals surface area contributed by atoms with E-state index in [0.717, 1.165) is 28.5 Å². The van der Waals surface area contributed by atoms with Crippen molar-refractivity contribution in [1.82, 2.24) is 9.88 Å². The summed E-state index contributed by atoms with van der Waals surface area (Å²) in [6, 6.07) is 13.2. The molecule has 1 aliphatic heterocycles. The smallest absolute Gasteiger partial charge is 0.311 e. The van der Waals surface area contributed by atoms with Crippen molar-refractivity contribution in [2.24, 2.45) is 5.41 Å². The number of piperidine rings is 1. The predicted molar refractivity (Wildman–Crippen MR) is 136 cm³/mol. The lowest BCUT2D eigenvalue weighted by molar-refractivity contribution is -0.157. The van der Waals surface area contributed by atoms with Gasteiger partial charge in [-0.25, -0.2) is 0 Å². The van der Waals surface area contributed by atoms with Gasteiger partial charge in [-0.3, -0.25) is 14.4 Å². The van der Waals surface area contributed by atoms with Gasteiger partial charge in [-0.2, -0.15) is 0 Å². The number of H-pyrrole nitrogens is 1. The molecule has 0 aliphatic carbocycles. The Kier molecular flexibility index (Phi) is 6.96. The molecule has 0 saturated carbocycles. The van der Waals surface area contributed by atoms with Gasteiger partial charge in [0, 0.05) is 24.8 Å². The lowest BCUT2D eigenvalue weighted by Gasteiger charge is -2.40. The van der Waals surface area contributed by atoms with E-state index in [1.807, 2.05) is 44.2 Å². The first-order chi connectivity index (χ1) is 16.8. The number of hydrogen-bond donors (Lipinski definition) is 2. The Balaban J connectivity index is 1.57. The molecular formula is C28H32N2O5. The van der Waals surface area contributed by atoms with Crippen LogP contribution >= 0.6 is 0 Å². The fourth-order valence-corrected chi connectivity index (χ4v) is 5.21. The fraction of sp³-hybridized carbons (Fsp3) is 0.393. The molecule has 3 aromatic rings. The highest BCUT2D eigenvalue weighted by Gasteiger charge is 2.43. The average molecular weight is 477 g/mol. The molecule has 1 saturated heterocycles. The second-order valence-corrected chi connectivity index (χ2v) is 9.51. The summed E-state index contributed by atoms with van der Waals surface area (Å²) in [5.74, 6) is -0.668. The van der Waals surface area contributed by atoms with Crippen molar-refractivity contribution in [3.8, 4) is 16.9 Å². The van der Waals surface area contributed by atoms with E-state index in [-0.39, 0.29) is 18.0 Å². The van der Waals surface area contributed by atoms with Gasteiger partial charge in [0.2, 0.25) is 0 Å². The zero-order valence-electron chi connectivity index (χ0n) is 20.5. The van der Waals surface area contributed by atoms with Crippen molar-refractivity contribution in [3.05, 3.63) is 64.6 Å². The lowest BCUT2D eigenvalue weighted by atomic mass is 9.76. The number of carboxylic acid groups (broad SMARTS) is 1. The third-order valence-corrected chi connectivity index (χ3v) is 7.04. The van der Waals surface area contributed by atoms with E-state index < -0.39 is 17.5 Å². The van der Waals surface area contributed by atoms with Crippen molar-refractivity contribution in [2.45, 2.75) is 52.6 Å². The van der Waals surface area contributed by atoms with E-state index in [1.165, 1.54) is 0 Å². The van der Waals surface area contributed by atoms with Gasteiger partial charge < -0.3 is 19.7 Å². The van der Waals surface area contributed by atoms with E-state index in [0.29, 0.717) is 36.9 Å². The lowest BCUT2D eigenvalue weighted by Crippen LogP contribution is -2.52. The van der Waals surface area contributed by atoms with Gasteiger partial charge in [-0.15, -0.1) is 0 Å². The molecular weight excluding hydrogens is 444 g/mol. The first-order valence-corrected chi connectivity index (χ1v) is 12.2. The van der Waals surface area contributed by atoms with Crippen LogP contribution in [0.15, 0.2) is 53.5 Å². The van der Waals surface area contributed by atoms with Crippen LogP contribution in [-0.4, -0.2) is 46.1 Å². The van der Waals surface area contributed by atoms with Crippen LogP contribution < -0.4 is 10.3 Å². The summed E-state index contributed by atoms with van der Waals surface area (Å²) >= 11 is 0. The van der Waals surface area contributed by atoms with Gasteiger partial charge in [0.1, 0.15) is 5.75 Å². The minimum Gasteiger partial charge on any atom is -0.481 e. The number of aliphatic carboxylic acids is 1. The number of amides is 1. The number of nitrogens with one attached hydrogen (secondary N) is 1. The van der Waals surface area contributed by atoms with E-state index in [2.05, 4.69) is 4.98 Å². The number of nitrogens with zero attached hydrogens (tertiary/aromatic N) is 1. The van der Waals surface area contributed by atoms with Crippen LogP contribution in [-0.2, 0) is 9.59 Å². The molecule has 0 radical (unpaired) electrons. The Morgan fingerprint density at radius 1 is 1.17 bits per heavy atom. The molecule has 35 heavy (non-hydrogen) atoms. The van der Waals surface area contributed by atoms with Gasteiger partial charge in [0.15, 0.2) is 6.10 Å². The standard InChI is InChI=1S/C28H32N2O5/c1-4-12-28(27(33)34)13-7-14-30(17-28)26(32)19(3)35-20-10-11-22-23(15-20)25(31)29-16-24(22)21-9-6-5-8-18(21)2/h5-6,8-11,15-16,19H,4,7,12-14,17H2,1-3H3,(H,29,31)(H,33,34)/t19-,28+/m1/s1. The van der Waals surface area contributed by atoms with Crippen molar-refractivity contribution >= 4 is 22.6 Å². The van der Waals surface area contributed by atoms with Crippen LogP contribution in [0, 0.1) is 12.3 Å². The number of benzene rings is 2. The van der Waals surface area contributed by atoms with Gasteiger partial charge in [-0.1, -0.05) is 37.6 Å². The van der Waals surface area contributed by atoms with Gasteiger partial charge in [0.05, 0.1) is 10.8 Å². The van der Waals surface area contributed by atoms with E-state index in [1.54, 1.807) is 30.2 Å². The molecule has 7 nitrogen and oxygen atoms in total. The second-order valence-electron chi connectivity index (χ2n) is 9.51. The second kappa shape index (κ2) is 9.94. The highest BCUT2D eigenvalue weighted by molar-refractivity contribution is 5.97. The summed E-state index contributed by atoms with van der Waals surface area (Å²) in [7, 11) is 0. The van der Waals surface area contributed by atoms with Crippen LogP contribution in [0.5, 0.6) is 5.75 Å². The summed E-state index contributed by atoms with van der Waals surface area (Å²) < 4.78 is 5.96. The normalized spacial score (nSPS) is 18.9. The number of rotatable bonds is 7. The number of aromatic amines is 1. The predicted octanol–water partition coefficient (Wildman–Crippen LogP) is 4.76. The molecule has 2 heterocycles. The molecule has 0 spiro atoms. The molecule has 2 aromatic carbocycles. The number of hydrogen-bond acceptors (Lipinski definition) is 4. The number of ether oxygens (including phenoxy) is 1. The Hall–Kier alpha value is -3.61. The minimum absolute atomic E-state index is 0.194. The Morgan fingerprint density at radius 3 is 2.66 bits per heavy atom. The van der Waals surface area contributed by atoms with Gasteiger partial charge in [0.25, 0.3) is 11.5 Å². The molecule has 2 N–H and O–H groups in total. The van der Waals surface area contributed by atoms with Crippen LogP contribution in [0.2, 0.25) is 0 Å². The SMILES string of the molecule is CCC[C@]1(C(=O)O)CCCN(C(=O)[C@@H](C)Oc2ccc3c(-c4ccccc4C)c[nH]c(=O)c3c2)C1. The van der Waals surface area contributed by atoms with Crippen molar-refractivity contribution in [1.29, 1.82) is 0 Å². The summed E-state index contributed by atoms with van der Waals surface area (Å²) in [5.41, 5.74) is 1.92. The zero-order valence-corrected chi connectivity index (χ0v) is 20.5. The zero-order chi connectivity index (χ0) is 25.2. The number of pyridine rings is 1. The number of aryl methyl sites for hydroxylation is 1. The van der Waals surface area contributed by atoms with Crippen LogP contribution in [0.1, 0.15) is 45.1 Å². The van der Waals surface area contributed by atoms with Crippen molar-refractivity contribution < 1.29 is 19.4 Å². The maximum Gasteiger partial charge on any atom is 0.311 e. The van der Waals surface area contributed by atoms with Crippen LogP contribution in [0.25, 0.3) is 21.9 Å². The number of likely N-dealkylation sites (tertiary alicyclic amines) is 1. The minimum atomic E-state index is -0.898. The number of aromatic nitrogens is 1. The molecule has 1 fully saturated rings. The summed E-state index contributed by atoms with van der Waals surface area (Å²) in [4.78, 5) is 42.2. The summed E-state index contributed by atoms with van der Waals surface area (Å²) in [6.45, 7) is 6.36. The highest BCUT2D eigenvalue weighted by Crippen LogP contribution is 2.36. The molecule has 7 heteroatoms. The van der Waals surface area contributed by atoms with Crippen LogP contribution in [0.4, 0.5) is 0 Å². The van der Waals surface area contributed by atoms with E-state index >= 15 is 0 Å². The maximum absolute atomic E-state index is 13.2. The Labute approximate surface area is 204 Å². The topological polar surface area (TPSA) is 99.7 Å². The summed E-state index contributed by atoms with van der Waals surface area (Å²) in [5, 5.41) is 11.1. The largest absolute Gasteiger partial charge is 0.481 e. The van der Waals surface area contributed by atoms with E-state index in [9.17, 15) is 19.5 Å². The van der Waals surface area contributed by atoms with E-state index in [4.69, 9.17) is 4.74 Å². The molecule has 0 unspecified atom stereocenters. The fourth-order valence-electron chi connectivity index (χ4n) is 5.21. The molecule has 4 rings (SSSR count). The number of carbonyl (C=O) groups excluding carboxylic acids is 1. The first-order valence-electron chi connectivity index (χ1n) is 12.2. The first kappa shape index (κ1) is 24.5. The number of carbonyl (C=O) groups is 2. The average Bonchev–Trinajstić information content (AvgIpc) is 2.85. The van der Waals surface area contributed by atoms with Crippen molar-refractivity contribution in [2.75, 3.05) is 13.1 Å². The molecule has 184 valence electrons. The van der Waals surface area contributed by atoms with Gasteiger partial charge >= 0.3 is 5.97 Å². The quantitative estimate of drug-likeness (QED) is 0.512. The molecule has 1 aliphatic rings. The highest BCUT2D eigenvalue weighted by atomic mass is 16.5. The summed E-state index contributed by atoms with van der Waals surface area (Å²) in [6.07, 6.45) is 3.43. The molecule has 1 aromatic heterocycles. The maximum atomic E-state index is 13.2. The number of carboxylic acids is 1. The monoisotopic (exact) mass is 476 g/mol. The molecule has 2 atom stereocenters. The molecule has 0 bridgehead atoms. The molecule has 1 amide bonds. The number of fused-ring (bicyclic) bond motifs is 1. The van der Waals surface area contributed by atoms with Gasteiger partial charge in [-0.05, 0) is 67.8 Å². The Morgan fingerprint density at radius 2 is 1.94 bits per heavy atom. The third-order valence-electron chi connectivity index (χ3n) is 7.04.